The zero-order valence-electron chi connectivity index (χ0n) is 19.1. The van der Waals surface area contributed by atoms with Crippen LogP contribution in [0.15, 0.2) is 30.6 Å². The molecule has 2 aromatic heterocycles. The zero-order chi connectivity index (χ0) is 25.7. The number of anilines is 1. The van der Waals surface area contributed by atoms with Crippen LogP contribution in [0.2, 0.25) is 5.02 Å². The molecule has 0 radical (unpaired) electrons. The number of aromatic nitrogens is 4. The maximum Gasteiger partial charge on any atom is 0.283 e. The molecular formula is C22H24ClF4N5O3. The van der Waals surface area contributed by atoms with Gasteiger partial charge in [-0.1, -0.05) is 17.7 Å². The second-order valence-electron chi connectivity index (χ2n) is 7.37. The minimum absolute atomic E-state index is 0.281. The van der Waals surface area contributed by atoms with Gasteiger partial charge >= 0.3 is 0 Å². The fourth-order valence-electron chi connectivity index (χ4n) is 3.33. The molecular weight excluding hydrogens is 494 g/mol. The van der Waals surface area contributed by atoms with E-state index in [1.165, 1.54) is 19.3 Å². The fourth-order valence-corrected chi connectivity index (χ4v) is 3.62. The molecule has 0 aliphatic heterocycles. The third-order valence-corrected chi connectivity index (χ3v) is 5.31. The normalized spacial score (nSPS) is 12.3. The summed E-state index contributed by atoms with van der Waals surface area (Å²) in [6, 6.07) is 4.13. The number of carbonyl (C=O) groups excluding carboxylic acids is 1. The minimum Gasteiger partial charge on any atom is -0.490 e. The summed E-state index contributed by atoms with van der Waals surface area (Å²) in [5.74, 6) is 0.459. The Kier molecular flexibility index (Phi) is 8.60. The van der Waals surface area contributed by atoms with Crippen molar-refractivity contribution >= 4 is 23.2 Å². The molecule has 1 aromatic carbocycles. The number of alkyl halides is 4. The molecule has 0 saturated carbocycles. The van der Waals surface area contributed by atoms with E-state index in [0.29, 0.717) is 35.9 Å². The van der Waals surface area contributed by atoms with Gasteiger partial charge in [0.2, 0.25) is 5.91 Å². The topological polar surface area (TPSA) is 83.2 Å². The second-order valence-corrected chi connectivity index (χ2v) is 7.75. The summed E-state index contributed by atoms with van der Waals surface area (Å²) in [5, 5.41) is 9.30. The molecule has 0 aliphatic rings. The average Bonchev–Trinajstić information content (AvgIpc) is 3.39. The van der Waals surface area contributed by atoms with Gasteiger partial charge in [-0.3, -0.25) is 9.48 Å². The first-order valence-corrected chi connectivity index (χ1v) is 11.1. The first-order chi connectivity index (χ1) is 16.7. The van der Waals surface area contributed by atoms with Crippen LogP contribution in [-0.4, -0.2) is 38.7 Å². The van der Waals surface area contributed by atoms with Crippen molar-refractivity contribution < 1.29 is 31.8 Å². The first-order valence-electron chi connectivity index (χ1n) is 10.7. The molecule has 3 rings (SSSR count). The number of ether oxygens (including phenoxy) is 2. The molecule has 1 N–H and O–H groups in total. The Morgan fingerprint density at radius 1 is 1.11 bits per heavy atom. The Balaban J connectivity index is 1.73. The van der Waals surface area contributed by atoms with Gasteiger partial charge in [0.15, 0.2) is 11.5 Å². The number of amides is 1. The Labute approximate surface area is 203 Å². The van der Waals surface area contributed by atoms with Crippen LogP contribution in [-0.2, 0) is 11.3 Å². The third-order valence-electron chi connectivity index (χ3n) is 4.92. The Morgan fingerprint density at radius 3 is 2.43 bits per heavy atom. The summed E-state index contributed by atoms with van der Waals surface area (Å²) in [6.45, 7) is 6.29. The minimum atomic E-state index is -3.20. The van der Waals surface area contributed by atoms with E-state index >= 15 is 0 Å². The number of carbonyl (C=O) groups is 1. The van der Waals surface area contributed by atoms with E-state index in [0.717, 1.165) is 5.56 Å². The molecule has 35 heavy (non-hydrogen) atoms. The number of halogens is 5. The Bertz CT molecular complexity index is 1170. The van der Waals surface area contributed by atoms with E-state index in [9.17, 15) is 22.4 Å². The van der Waals surface area contributed by atoms with Crippen LogP contribution in [0, 0.1) is 0 Å². The number of hydrogen-bond acceptors (Lipinski definition) is 5. The molecule has 0 bridgehead atoms. The lowest BCUT2D eigenvalue weighted by Crippen LogP contribution is -2.26. The molecule has 8 nitrogen and oxygen atoms in total. The van der Waals surface area contributed by atoms with Gasteiger partial charge in [-0.05, 0) is 38.5 Å². The SMILES string of the molecule is CCOc1ccc(Cn2cc(NC(=O)C(C)n3nc(C(F)F)c(Cl)c3C(F)F)cn2)cc1OCC. The van der Waals surface area contributed by atoms with Crippen molar-refractivity contribution in [2.45, 2.75) is 46.2 Å². The van der Waals surface area contributed by atoms with Crippen molar-refractivity contribution in [2.75, 3.05) is 18.5 Å². The largest absolute Gasteiger partial charge is 0.490 e. The van der Waals surface area contributed by atoms with Gasteiger partial charge in [0.05, 0.1) is 36.7 Å². The van der Waals surface area contributed by atoms with E-state index in [1.54, 1.807) is 10.7 Å². The van der Waals surface area contributed by atoms with E-state index in [1.807, 2.05) is 26.0 Å². The van der Waals surface area contributed by atoms with Gasteiger partial charge in [-0.25, -0.2) is 22.2 Å². The second kappa shape index (κ2) is 11.4. The van der Waals surface area contributed by atoms with Crippen molar-refractivity contribution in [1.82, 2.24) is 19.6 Å². The Hall–Kier alpha value is -3.28. The van der Waals surface area contributed by atoms with Gasteiger partial charge < -0.3 is 14.8 Å². The van der Waals surface area contributed by atoms with Gasteiger partial charge in [0.1, 0.15) is 17.4 Å². The number of nitrogens with zero attached hydrogens (tertiary/aromatic N) is 4. The molecule has 0 spiro atoms. The maximum absolute atomic E-state index is 13.4. The van der Waals surface area contributed by atoms with Crippen molar-refractivity contribution in [3.8, 4) is 11.5 Å². The lowest BCUT2D eigenvalue weighted by Gasteiger charge is -2.15. The highest BCUT2D eigenvalue weighted by Gasteiger charge is 2.32. The van der Waals surface area contributed by atoms with Crippen LogP contribution in [0.5, 0.6) is 11.5 Å². The van der Waals surface area contributed by atoms with Gasteiger partial charge in [-0.2, -0.15) is 10.2 Å². The van der Waals surface area contributed by atoms with Crippen molar-refractivity contribution in [2.24, 2.45) is 0 Å². The van der Waals surface area contributed by atoms with Crippen LogP contribution in [0.3, 0.4) is 0 Å². The highest BCUT2D eigenvalue weighted by molar-refractivity contribution is 6.32. The smallest absolute Gasteiger partial charge is 0.283 e. The lowest BCUT2D eigenvalue weighted by atomic mass is 10.2. The van der Waals surface area contributed by atoms with Crippen LogP contribution in [0.25, 0.3) is 0 Å². The van der Waals surface area contributed by atoms with Crippen LogP contribution < -0.4 is 14.8 Å². The molecule has 3 aromatic rings. The van der Waals surface area contributed by atoms with Crippen molar-refractivity contribution in [1.29, 1.82) is 0 Å². The highest BCUT2D eigenvalue weighted by Crippen LogP contribution is 2.36. The first kappa shape index (κ1) is 26.3. The zero-order valence-corrected chi connectivity index (χ0v) is 19.9. The summed E-state index contributed by atoms with van der Waals surface area (Å²) in [7, 11) is 0. The van der Waals surface area contributed by atoms with E-state index < -0.39 is 41.2 Å². The quantitative estimate of drug-likeness (QED) is 0.332. The number of hydrogen-bond donors (Lipinski definition) is 1. The summed E-state index contributed by atoms with van der Waals surface area (Å²) < 4.78 is 66.2. The number of nitrogens with one attached hydrogen (secondary N) is 1. The molecule has 1 atom stereocenters. The average molecular weight is 518 g/mol. The molecule has 2 heterocycles. The van der Waals surface area contributed by atoms with E-state index in [-0.39, 0.29) is 5.69 Å². The van der Waals surface area contributed by atoms with E-state index in [4.69, 9.17) is 21.1 Å². The molecule has 1 amide bonds. The summed E-state index contributed by atoms with van der Waals surface area (Å²) in [6.07, 6.45) is -3.45. The van der Waals surface area contributed by atoms with Crippen molar-refractivity contribution in [3.63, 3.8) is 0 Å². The molecule has 13 heteroatoms. The molecule has 0 aliphatic carbocycles. The molecule has 190 valence electrons. The number of benzene rings is 1. The highest BCUT2D eigenvalue weighted by atomic mass is 35.5. The predicted molar refractivity (Wildman–Crippen MR) is 121 cm³/mol. The van der Waals surface area contributed by atoms with Crippen LogP contribution in [0.1, 0.15) is 56.6 Å². The standard InChI is InChI=1S/C22H24ClF4N5O3/c1-4-34-15-7-6-13(8-16(15)35-5-2)10-31-11-14(9-28-31)29-22(33)12(3)32-19(21(26)27)17(23)18(30-32)20(24)25/h6-9,11-12,20-21H,4-5,10H2,1-3H3,(H,29,33). The Morgan fingerprint density at radius 2 is 1.80 bits per heavy atom. The lowest BCUT2D eigenvalue weighted by molar-refractivity contribution is -0.119. The molecule has 0 saturated heterocycles. The predicted octanol–water partition coefficient (Wildman–Crippen LogP) is 5.65. The van der Waals surface area contributed by atoms with Crippen LogP contribution in [0.4, 0.5) is 23.2 Å². The van der Waals surface area contributed by atoms with Crippen LogP contribution >= 0.6 is 11.6 Å². The monoisotopic (exact) mass is 517 g/mol. The van der Waals surface area contributed by atoms with E-state index in [2.05, 4.69) is 15.5 Å². The van der Waals surface area contributed by atoms with Crippen molar-refractivity contribution in [3.05, 3.63) is 52.6 Å². The molecule has 1 unspecified atom stereocenters. The molecule has 0 fully saturated rings. The van der Waals surface area contributed by atoms with Gasteiger partial charge in [-0.15, -0.1) is 0 Å². The summed E-state index contributed by atoms with van der Waals surface area (Å²) in [4.78, 5) is 12.6. The van der Waals surface area contributed by atoms with Gasteiger partial charge in [0, 0.05) is 6.20 Å². The van der Waals surface area contributed by atoms with Gasteiger partial charge in [0.25, 0.3) is 12.9 Å². The summed E-state index contributed by atoms with van der Waals surface area (Å²) >= 11 is 5.66. The third kappa shape index (κ3) is 6.05. The maximum atomic E-state index is 13.4. The fraction of sp³-hybridized carbons (Fsp3) is 0.409. The number of rotatable bonds is 11. The summed E-state index contributed by atoms with van der Waals surface area (Å²) in [5.41, 5.74) is -0.806.